The third-order valence-electron chi connectivity index (χ3n) is 5.48. The monoisotopic (exact) mass is 398 g/mol. The van der Waals surface area contributed by atoms with E-state index < -0.39 is 0 Å². The molecule has 0 aromatic carbocycles. The Labute approximate surface area is 166 Å². The fourth-order valence-corrected chi connectivity index (χ4v) is 4.75. The van der Waals surface area contributed by atoms with Gasteiger partial charge in [0.25, 0.3) is 5.91 Å². The third-order valence-corrected chi connectivity index (χ3v) is 6.38. The van der Waals surface area contributed by atoms with Crippen LogP contribution in [-0.4, -0.2) is 69.9 Å². The van der Waals surface area contributed by atoms with E-state index in [2.05, 4.69) is 20.0 Å². The Morgan fingerprint density at radius 1 is 1.11 bits per heavy atom. The summed E-state index contributed by atoms with van der Waals surface area (Å²) in [5.74, 6) is 0.977. The number of hydrogen-bond acceptors (Lipinski definition) is 7. The molecule has 146 valence electrons. The molecule has 0 N–H and O–H groups in total. The van der Waals surface area contributed by atoms with Crippen LogP contribution in [0.25, 0.3) is 10.2 Å². The molecule has 9 heteroatoms. The topological polar surface area (TPSA) is 76.4 Å². The number of nitrogens with zero attached hydrogens (tertiary/aromatic N) is 6. The van der Waals surface area contributed by atoms with Gasteiger partial charge in [-0.2, -0.15) is 5.10 Å². The van der Waals surface area contributed by atoms with Gasteiger partial charge in [0.1, 0.15) is 17.8 Å². The number of carbonyl (C=O) groups excluding carboxylic acids is 1. The van der Waals surface area contributed by atoms with E-state index in [0.29, 0.717) is 24.8 Å². The predicted molar refractivity (Wildman–Crippen MR) is 107 cm³/mol. The van der Waals surface area contributed by atoms with E-state index in [4.69, 9.17) is 4.74 Å². The van der Waals surface area contributed by atoms with Crippen molar-refractivity contribution in [3.8, 4) is 0 Å². The fraction of sp³-hybridized carbons (Fsp3) is 0.474. The van der Waals surface area contributed by atoms with E-state index in [1.54, 1.807) is 17.7 Å². The molecule has 3 aromatic heterocycles. The molecule has 5 rings (SSSR count). The summed E-state index contributed by atoms with van der Waals surface area (Å²) in [6, 6.07) is 4.18. The van der Waals surface area contributed by atoms with Gasteiger partial charge in [-0.3, -0.25) is 9.48 Å². The smallest absolute Gasteiger partial charge is 0.274 e. The van der Waals surface area contributed by atoms with Crippen molar-refractivity contribution < 1.29 is 9.53 Å². The lowest BCUT2D eigenvalue weighted by Gasteiger charge is -2.35. The zero-order valence-corrected chi connectivity index (χ0v) is 16.3. The Hall–Kier alpha value is -2.52. The highest BCUT2D eigenvalue weighted by molar-refractivity contribution is 7.17. The van der Waals surface area contributed by atoms with Crippen LogP contribution in [0.2, 0.25) is 0 Å². The number of piperazine rings is 1. The maximum atomic E-state index is 12.9. The minimum absolute atomic E-state index is 0.00872. The molecule has 2 fully saturated rings. The van der Waals surface area contributed by atoms with Crippen molar-refractivity contribution in [2.24, 2.45) is 0 Å². The summed E-state index contributed by atoms with van der Waals surface area (Å²) in [6.45, 7) is 4.37. The van der Waals surface area contributed by atoms with Gasteiger partial charge in [0.2, 0.25) is 0 Å². The highest BCUT2D eigenvalue weighted by Gasteiger charge is 2.26. The van der Waals surface area contributed by atoms with Crippen molar-refractivity contribution in [1.82, 2.24) is 24.6 Å². The quantitative estimate of drug-likeness (QED) is 0.673. The lowest BCUT2D eigenvalue weighted by Crippen LogP contribution is -2.49. The van der Waals surface area contributed by atoms with Crippen molar-refractivity contribution in [2.45, 2.75) is 18.9 Å². The van der Waals surface area contributed by atoms with E-state index in [0.717, 1.165) is 55.2 Å². The first kappa shape index (κ1) is 17.6. The molecule has 2 saturated heterocycles. The Bertz CT molecular complexity index is 972. The number of anilines is 1. The van der Waals surface area contributed by atoms with Gasteiger partial charge in [0.15, 0.2) is 0 Å². The number of fused-ring (bicyclic) bond motifs is 1. The van der Waals surface area contributed by atoms with Gasteiger partial charge in [-0.25, -0.2) is 9.97 Å². The van der Waals surface area contributed by atoms with Crippen molar-refractivity contribution >= 4 is 33.3 Å². The van der Waals surface area contributed by atoms with Gasteiger partial charge in [0, 0.05) is 45.6 Å². The molecular weight excluding hydrogens is 376 g/mol. The van der Waals surface area contributed by atoms with Gasteiger partial charge in [-0.15, -0.1) is 11.3 Å². The molecule has 28 heavy (non-hydrogen) atoms. The zero-order chi connectivity index (χ0) is 18.9. The Balaban J connectivity index is 1.25. The number of aromatic nitrogens is 4. The molecule has 3 aromatic rings. The Morgan fingerprint density at radius 3 is 2.75 bits per heavy atom. The van der Waals surface area contributed by atoms with Crippen LogP contribution in [-0.2, 0) is 4.74 Å². The number of rotatable bonds is 3. The van der Waals surface area contributed by atoms with Gasteiger partial charge in [-0.1, -0.05) is 0 Å². The second-order valence-electron chi connectivity index (χ2n) is 7.14. The molecule has 1 amide bonds. The van der Waals surface area contributed by atoms with E-state index in [-0.39, 0.29) is 5.91 Å². The molecule has 0 radical (unpaired) electrons. The van der Waals surface area contributed by atoms with Crippen LogP contribution in [0.5, 0.6) is 0 Å². The summed E-state index contributed by atoms with van der Waals surface area (Å²) in [6.07, 6.45) is 5.44. The Kier molecular flexibility index (Phi) is 4.69. The van der Waals surface area contributed by atoms with E-state index in [1.165, 1.54) is 0 Å². The first-order valence-electron chi connectivity index (χ1n) is 9.65. The van der Waals surface area contributed by atoms with Crippen LogP contribution < -0.4 is 4.90 Å². The van der Waals surface area contributed by atoms with Crippen molar-refractivity contribution in [3.05, 3.63) is 35.7 Å². The Morgan fingerprint density at radius 2 is 1.93 bits per heavy atom. The number of carbonyl (C=O) groups is 1. The normalized spacial score (nSPS) is 18.7. The average molecular weight is 398 g/mol. The summed E-state index contributed by atoms with van der Waals surface area (Å²) in [7, 11) is 0. The molecule has 0 spiro atoms. The van der Waals surface area contributed by atoms with Crippen LogP contribution in [0.1, 0.15) is 29.4 Å². The number of amides is 1. The van der Waals surface area contributed by atoms with Gasteiger partial charge in [0.05, 0.1) is 16.3 Å². The number of ether oxygens (including phenoxy) is 1. The van der Waals surface area contributed by atoms with Crippen LogP contribution in [0, 0.1) is 0 Å². The maximum Gasteiger partial charge on any atom is 0.274 e. The van der Waals surface area contributed by atoms with Crippen molar-refractivity contribution in [2.75, 3.05) is 44.3 Å². The highest BCUT2D eigenvalue weighted by atomic mass is 32.1. The van der Waals surface area contributed by atoms with Crippen LogP contribution in [0.4, 0.5) is 5.82 Å². The van der Waals surface area contributed by atoms with E-state index in [1.807, 2.05) is 33.3 Å². The number of hydrogen-bond donors (Lipinski definition) is 0. The van der Waals surface area contributed by atoms with Gasteiger partial charge in [-0.05, 0) is 30.4 Å². The predicted octanol–water partition coefficient (Wildman–Crippen LogP) is 2.20. The average Bonchev–Trinajstić information content (AvgIpc) is 3.43. The molecule has 8 nitrogen and oxygen atoms in total. The summed E-state index contributed by atoms with van der Waals surface area (Å²) >= 11 is 1.66. The van der Waals surface area contributed by atoms with Gasteiger partial charge < -0.3 is 14.5 Å². The lowest BCUT2D eigenvalue weighted by molar-refractivity contribution is 0.0654. The van der Waals surface area contributed by atoms with Gasteiger partial charge >= 0.3 is 0 Å². The molecular formula is C19H22N6O2S. The zero-order valence-electron chi connectivity index (χ0n) is 15.5. The van der Waals surface area contributed by atoms with Crippen molar-refractivity contribution in [1.29, 1.82) is 0 Å². The summed E-state index contributed by atoms with van der Waals surface area (Å²) in [5.41, 5.74) is 1.51. The second-order valence-corrected chi connectivity index (χ2v) is 8.05. The lowest BCUT2D eigenvalue weighted by atomic mass is 10.1. The molecule has 0 saturated carbocycles. The van der Waals surface area contributed by atoms with Crippen LogP contribution in [0.15, 0.2) is 30.0 Å². The maximum absolute atomic E-state index is 12.9. The third kappa shape index (κ3) is 3.24. The summed E-state index contributed by atoms with van der Waals surface area (Å²) in [4.78, 5) is 25.8. The largest absolute Gasteiger partial charge is 0.381 e. The molecule has 0 aliphatic carbocycles. The molecule has 0 atom stereocenters. The first-order chi connectivity index (χ1) is 13.8. The SMILES string of the molecule is O=C(c1ccn(C2CCOCC2)n1)N1CCN(c2ncnc3ccsc23)CC1. The molecule has 5 heterocycles. The summed E-state index contributed by atoms with van der Waals surface area (Å²) < 4.78 is 8.45. The fourth-order valence-electron chi connectivity index (χ4n) is 3.89. The van der Waals surface area contributed by atoms with Crippen molar-refractivity contribution in [3.63, 3.8) is 0 Å². The standard InChI is InChI=1S/C19H22N6O2S/c26-19(16-1-5-25(22-16)14-2-10-27-11-3-14)24-8-6-23(7-9-24)18-17-15(4-12-28-17)20-13-21-18/h1,4-5,12-14H,2-3,6-11H2. The minimum atomic E-state index is 0.00872. The van der Waals surface area contributed by atoms with Crippen LogP contribution in [0.3, 0.4) is 0 Å². The summed E-state index contributed by atoms with van der Waals surface area (Å²) in [5, 5.41) is 6.60. The van der Waals surface area contributed by atoms with E-state index in [9.17, 15) is 4.79 Å². The molecule has 2 aliphatic heterocycles. The molecule has 0 unspecified atom stereocenters. The van der Waals surface area contributed by atoms with Crippen LogP contribution >= 0.6 is 11.3 Å². The molecule has 2 aliphatic rings. The highest BCUT2D eigenvalue weighted by Crippen LogP contribution is 2.28. The molecule has 0 bridgehead atoms. The minimum Gasteiger partial charge on any atom is -0.381 e. The first-order valence-corrected chi connectivity index (χ1v) is 10.5. The van der Waals surface area contributed by atoms with E-state index >= 15 is 0 Å². The number of thiophene rings is 1. The second kappa shape index (κ2) is 7.48.